The van der Waals surface area contributed by atoms with Crippen LogP contribution in [0.5, 0.6) is 0 Å². The van der Waals surface area contributed by atoms with Crippen molar-refractivity contribution < 1.29 is 41.9 Å². The molecule has 4 heterocycles. The summed E-state index contributed by atoms with van der Waals surface area (Å²) in [7, 11) is -6.04. The van der Waals surface area contributed by atoms with E-state index in [1.165, 1.54) is 15.9 Å². The van der Waals surface area contributed by atoms with Crippen LogP contribution in [0, 0.1) is 0 Å². The molecule has 2 aromatic carbocycles. The van der Waals surface area contributed by atoms with Crippen LogP contribution >= 0.6 is 0 Å². The van der Waals surface area contributed by atoms with Gasteiger partial charge in [-0.25, -0.2) is 14.5 Å². The molecule has 3 amide bonds. The van der Waals surface area contributed by atoms with Gasteiger partial charge < -0.3 is 27.2 Å². The number of urea groups is 1. The van der Waals surface area contributed by atoms with E-state index in [4.69, 9.17) is 27.2 Å². The zero-order valence-electron chi connectivity index (χ0n) is 30.2. The molecule has 0 saturated carbocycles. The fourth-order valence-corrected chi connectivity index (χ4v) is 18.9. The fraction of sp³-hybridized carbons (Fsp3) is 0.556. The number of nitrogens with zero attached hydrogens (tertiary/aromatic N) is 3. The van der Waals surface area contributed by atoms with Gasteiger partial charge in [0.2, 0.25) is 0 Å². The summed E-state index contributed by atoms with van der Waals surface area (Å²) in [5, 5.41) is 13.6. The van der Waals surface area contributed by atoms with E-state index in [0.29, 0.717) is 5.69 Å². The van der Waals surface area contributed by atoms with Crippen LogP contribution in [0.15, 0.2) is 72.6 Å². The Morgan fingerprint density at radius 1 is 0.820 bits per heavy atom. The number of carbonyl (C=O) groups excluding carboxylic acids is 2. The SMILES string of the molecule is CC(C)[Si]1(C(C)C)OC[C@H]2O[C@@H]3[C@H](OC(=O)N(c4ccccc4)C4C=C([O])N(COCc5ccccc5)C(=O)N43)[C@@H]2O[Si](C(C)C)(C(C)C)O1. The minimum Gasteiger partial charge on any atom is -0.438 e. The maximum Gasteiger partial charge on any atom is 0.416 e. The van der Waals surface area contributed by atoms with Crippen molar-refractivity contribution in [2.45, 2.75) is 115 Å². The topological polar surface area (TPSA) is 119 Å². The summed E-state index contributed by atoms with van der Waals surface area (Å²) in [6, 6.07) is 17.7. The van der Waals surface area contributed by atoms with Gasteiger partial charge in [0.1, 0.15) is 25.1 Å². The second-order valence-corrected chi connectivity index (χ2v) is 23.5. The van der Waals surface area contributed by atoms with Crippen LogP contribution in [-0.2, 0) is 38.9 Å². The third kappa shape index (κ3) is 6.39. The van der Waals surface area contributed by atoms with Crippen LogP contribution in [0.25, 0.3) is 0 Å². The van der Waals surface area contributed by atoms with E-state index in [-0.39, 0.29) is 42.1 Å². The highest BCUT2D eigenvalue weighted by atomic mass is 28.5. The lowest BCUT2D eigenvalue weighted by Gasteiger charge is -2.51. The van der Waals surface area contributed by atoms with E-state index in [2.05, 4.69) is 55.4 Å². The van der Waals surface area contributed by atoms with E-state index in [1.54, 1.807) is 24.3 Å². The quantitative estimate of drug-likeness (QED) is 0.249. The van der Waals surface area contributed by atoms with Crippen LogP contribution < -0.4 is 4.90 Å². The first kappa shape index (κ1) is 36.5. The molecular formula is C36H50N3O9Si2. The molecule has 6 rings (SSSR count). The number of hydrogen-bond acceptors (Lipinski definition) is 8. The Bertz CT molecular complexity index is 1530. The van der Waals surface area contributed by atoms with Crippen molar-refractivity contribution in [3.8, 4) is 0 Å². The van der Waals surface area contributed by atoms with Crippen LogP contribution in [0.3, 0.4) is 0 Å². The van der Waals surface area contributed by atoms with Crippen molar-refractivity contribution >= 4 is 34.9 Å². The number of benzene rings is 2. The van der Waals surface area contributed by atoms with Crippen molar-refractivity contribution in [2.24, 2.45) is 0 Å². The number of hydrogen-bond donors (Lipinski definition) is 0. The molecule has 2 aromatic rings. The van der Waals surface area contributed by atoms with Gasteiger partial charge in [-0.1, -0.05) is 104 Å². The molecule has 4 aliphatic rings. The second-order valence-electron chi connectivity index (χ2n) is 14.7. The third-order valence-corrected chi connectivity index (χ3v) is 20.5. The Hall–Kier alpha value is -3.25. The Labute approximate surface area is 297 Å². The number of amides is 3. The second kappa shape index (κ2) is 14.4. The van der Waals surface area contributed by atoms with Crippen LogP contribution in [-0.4, -0.2) is 83.1 Å². The summed E-state index contributed by atoms with van der Waals surface area (Å²) in [5.41, 5.74) is 1.63. The lowest BCUT2D eigenvalue weighted by molar-refractivity contribution is -0.0949. The maximum absolute atomic E-state index is 14.5. The monoisotopic (exact) mass is 724 g/mol. The molecule has 4 aliphatic heterocycles. The Balaban J connectivity index is 1.41. The Kier molecular flexibility index (Phi) is 10.5. The third-order valence-electron chi connectivity index (χ3n) is 10.3. The highest BCUT2D eigenvalue weighted by molar-refractivity contribution is 6.84. The molecule has 271 valence electrons. The summed E-state index contributed by atoms with van der Waals surface area (Å²) < 4.78 is 40.5. The van der Waals surface area contributed by atoms with E-state index in [1.807, 2.05) is 36.4 Å². The van der Waals surface area contributed by atoms with Crippen molar-refractivity contribution in [3.05, 3.63) is 78.2 Å². The van der Waals surface area contributed by atoms with Gasteiger partial charge in [0, 0.05) is 11.8 Å². The average molecular weight is 725 g/mol. The lowest BCUT2D eigenvalue weighted by atomic mass is 10.1. The standard InChI is InChI=1S/C36H50N3O9Si2/c1-23(2)49(24(3)4)44-21-29-32(47-50(48-49,25(5)6)26(7)8)33-34(45-29)39-30(38(36(42)46-33)28-17-13-10-14-18-28)19-31(40)37(35(39)41)22-43-20-27-15-11-9-12-16-27/h9-19,23-26,29-30,32-34H,20-22H2,1-8H3/t29-,30?,32-,33-,34-/m1/s1. The number of fused-ring (bicyclic) bond motifs is 5. The van der Waals surface area contributed by atoms with Gasteiger partial charge in [-0.2, -0.15) is 0 Å². The van der Waals surface area contributed by atoms with Crippen molar-refractivity contribution in [2.75, 3.05) is 18.2 Å². The molecule has 0 aromatic heterocycles. The summed E-state index contributed by atoms with van der Waals surface area (Å²) >= 11 is 0. The highest BCUT2D eigenvalue weighted by Crippen LogP contribution is 2.49. The molecule has 14 heteroatoms. The smallest absolute Gasteiger partial charge is 0.416 e. The molecule has 3 fully saturated rings. The minimum atomic E-state index is -3.14. The molecule has 5 atom stereocenters. The first-order valence-corrected chi connectivity index (χ1v) is 21.6. The van der Waals surface area contributed by atoms with Crippen molar-refractivity contribution in [3.63, 3.8) is 0 Å². The number of rotatable bonds is 9. The lowest BCUT2D eigenvalue weighted by Crippen LogP contribution is -2.66. The first-order valence-electron chi connectivity index (χ1n) is 17.6. The van der Waals surface area contributed by atoms with Crippen molar-refractivity contribution in [1.29, 1.82) is 0 Å². The van der Waals surface area contributed by atoms with Crippen molar-refractivity contribution in [1.82, 2.24) is 9.80 Å². The molecule has 3 saturated heterocycles. The number of anilines is 1. The fourth-order valence-electron chi connectivity index (χ4n) is 7.65. The minimum absolute atomic E-state index is 0.0168. The van der Waals surface area contributed by atoms with E-state index in [0.717, 1.165) is 10.5 Å². The molecule has 0 aliphatic carbocycles. The van der Waals surface area contributed by atoms with E-state index < -0.39 is 65.8 Å². The molecule has 1 unspecified atom stereocenters. The molecule has 50 heavy (non-hydrogen) atoms. The van der Waals surface area contributed by atoms with Gasteiger partial charge >= 0.3 is 29.2 Å². The van der Waals surface area contributed by atoms with Gasteiger partial charge in [0.05, 0.1) is 13.2 Å². The van der Waals surface area contributed by atoms with Crippen LogP contribution in [0.4, 0.5) is 15.3 Å². The predicted molar refractivity (Wildman–Crippen MR) is 189 cm³/mol. The zero-order chi connectivity index (χ0) is 36.0. The van der Waals surface area contributed by atoms with Gasteiger partial charge in [0.15, 0.2) is 12.3 Å². The van der Waals surface area contributed by atoms with E-state index >= 15 is 0 Å². The summed E-state index contributed by atoms with van der Waals surface area (Å²) in [6.07, 6.45) is -4.12. The maximum atomic E-state index is 14.5. The largest absolute Gasteiger partial charge is 0.438 e. The number of para-hydroxylation sites is 1. The van der Waals surface area contributed by atoms with Crippen LogP contribution in [0.1, 0.15) is 61.0 Å². The normalized spacial score (nSPS) is 27.8. The van der Waals surface area contributed by atoms with Gasteiger partial charge in [-0.3, -0.25) is 14.9 Å². The molecule has 0 spiro atoms. The summed E-state index contributed by atoms with van der Waals surface area (Å²) in [6.45, 7) is 17.1. The predicted octanol–water partition coefficient (Wildman–Crippen LogP) is 7.20. The van der Waals surface area contributed by atoms with Gasteiger partial charge in [0.25, 0.3) is 5.88 Å². The Morgan fingerprint density at radius 3 is 2.02 bits per heavy atom. The number of ether oxygens (including phenoxy) is 3. The van der Waals surface area contributed by atoms with Gasteiger partial charge in [-0.15, -0.1) is 0 Å². The summed E-state index contributed by atoms with van der Waals surface area (Å²) in [4.78, 5) is 32.5. The molecule has 0 bridgehead atoms. The molecule has 1 radical (unpaired) electrons. The first-order chi connectivity index (χ1) is 23.8. The Morgan fingerprint density at radius 2 is 1.42 bits per heavy atom. The highest BCUT2D eigenvalue weighted by Gasteiger charge is 2.65. The summed E-state index contributed by atoms with van der Waals surface area (Å²) in [5.74, 6) is -0.593. The van der Waals surface area contributed by atoms with E-state index in [9.17, 15) is 14.7 Å². The van der Waals surface area contributed by atoms with Crippen LogP contribution in [0.2, 0.25) is 22.2 Å². The molecular weight excluding hydrogens is 675 g/mol. The average Bonchev–Trinajstić information content (AvgIpc) is 3.31. The van der Waals surface area contributed by atoms with Gasteiger partial charge in [-0.05, 0) is 39.9 Å². The number of carbonyl (C=O) groups is 2. The zero-order valence-corrected chi connectivity index (χ0v) is 32.2. The molecule has 12 nitrogen and oxygen atoms in total. The molecule has 0 N–H and O–H groups in total.